The number of aromatic nitrogens is 1. The molecule has 0 aliphatic rings. The molecule has 0 aliphatic carbocycles. The maximum Gasteiger partial charge on any atom is 0.273 e. The lowest BCUT2D eigenvalue weighted by atomic mass is 10.1. The van der Waals surface area contributed by atoms with E-state index in [-0.39, 0.29) is 10.9 Å². The number of hydrazone groups is 1. The number of carbonyl (C=O) groups excluding carboxylic acids is 1. The Bertz CT molecular complexity index is 891. The van der Waals surface area contributed by atoms with Crippen molar-refractivity contribution in [2.45, 2.75) is 0 Å². The van der Waals surface area contributed by atoms with E-state index in [0.717, 1.165) is 5.69 Å². The molecule has 1 heterocycles. The summed E-state index contributed by atoms with van der Waals surface area (Å²) in [5.41, 5.74) is 4.20. The van der Waals surface area contributed by atoms with Crippen molar-refractivity contribution in [3.05, 3.63) is 89.0 Å². The minimum Gasteiger partial charge on any atom is -0.323 e. The first-order valence-corrected chi connectivity index (χ1v) is 7.54. The fraction of sp³-hybridized carbons (Fsp3) is 0. The van der Waals surface area contributed by atoms with Crippen LogP contribution in [0.5, 0.6) is 0 Å². The highest BCUT2D eigenvalue weighted by Crippen LogP contribution is 2.16. The van der Waals surface area contributed by atoms with E-state index in [4.69, 9.17) is 11.6 Å². The van der Waals surface area contributed by atoms with Gasteiger partial charge in [0, 0.05) is 18.0 Å². The number of nitrogens with one attached hydrogen (secondary N) is 1. The van der Waals surface area contributed by atoms with Crippen molar-refractivity contribution < 1.29 is 9.18 Å². The van der Waals surface area contributed by atoms with E-state index in [1.54, 1.807) is 12.1 Å². The van der Waals surface area contributed by atoms with Gasteiger partial charge in [0.05, 0.1) is 22.5 Å². The van der Waals surface area contributed by atoms with E-state index >= 15 is 0 Å². The molecule has 2 aromatic carbocycles. The van der Waals surface area contributed by atoms with Crippen LogP contribution in [0.1, 0.15) is 15.9 Å². The summed E-state index contributed by atoms with van der Waals surface area (Å²) in [6.07, 6.45) is 5.08. The van der Waals surface area contributed by atoms with Crippen LogP contribution in [0.25, 0.3) is 5.69 Å². The Balaban J connectivity index is 1.78. The number of nitrogens with zero attached hydrogens (tertiary/aromatic N) is 2. The van der Waals surface area contributed by atoms with Gasteiger partial charge in [0.15, 0.2) is 0 Å². The fourth-order valence-corrected chi connectivity index (χ4v) is 2.43. The molecular weight excluding hydrogens is 329 g/mol. The SMILES string of the molecule is O=C(N/N=C/c1ccc(F)cc1Cl)c1ccccc1-n1cccc1. The topological polar surface area (TPSA) is 46.4 Å². The maximum atomic E-state index is 13.0. The fourth-order valence-electron chi connectivity index (χ4n) is 2.21. The van der Waals surface area contributed by atoms with Gasteiger partial charge in [0.2, 0.25) is 0 Å². The third kappa shape index (κ3) is 3.52. The van der Waals surface area contributed by atoms with Gasteiger partial charge in [-0.25, -0.2) is 9.82 Å². The highest BCUT2D eigenvalue weighted by molar-refractivity contribution is 6.33. The average Bonchev–Trinajstić information content (AvgIpc) is 3.11. The highest BCUT2D eigenvalue weighted by atomic mass is 35.5. The molecule has 1 aromatic heterocycles. The minimum absolute atomic E-state index is 0.223. The molecule has 0 unspecified atom stereocenters. The number of hydrogen-bond acceptors (Lipinski definition) is 2. The molecule has 0 spiro atoms. The van der Waals surface area contributed by atoms with Crippen LogP contribution < -0.4 is 5.43 Å². The standard InChI is InChI=1S/C18H13ClFN3O/c19-16-11-14(20)8-7-13(16)12-21-22-18(24)15-5-1-2-6-17(15)23-9-3-4-10-23/h1-12H,(H,22,24)/b21-12+. The van der Waals surface area contributed by atoms with Gasteiger partial charge in [0.25, 0.3) is 5.91 Å². The molecule has 3 aromatic rings. The van der Waals surface area contributed by atoms with Crippen molar-refractivity contribution >= 4 is 23.7 Å². The number of hydrogen-bond donors (Lipinski definition) is 1. The van der Waals surface area contributed by atoms with Crippen LogP contribution in [0.15, 0.2) is 72.1 Å². The Morgan fingerprint density at radius 2 is 1.88 bits per heavy atom. The number of para-hydroxylation sites is 1. The van der Waals surface area contributed by atoms with Gasteiger partial charge in [-0.05, 0) is 42.5 Å². The van der Waals surface area contributed by atoms with Crippen LogP contribution in [0.3, 0.4) is 0 Å². The van der Waals surface area contributed by atoms with E-state index in [0.29, 0.717) is 11.1 Å². The number of carbonyl (C=O) groups is 1. The van der Waals surface area contributed by atoms with Crippen molar-refractivity contribution in [2.24, 2.45) is 5.10 Å². The summed E-state index contributed by atoms with van der Waals surface area (Å²) in [5.74, 6) is -0.782. The van der Waals surface area contributed by atoms with Crippen LogP contribution in [-0.4, -0.2) is 16.7 Å². The highest BCUT2D eigenvalue weighted by Gasteiger charge is 2.11. The van der Waals surface area contributed by atoms with Gasteiger partial charge in [-0.15, -0.1) is 0 Å². The molecule has 0 saturated carbocycles. The number of halogens is 2. The van der Waals surface area contributed by atoms with Crippen molar-refractivity contribution in [1.29, 1.82) is 0 Å². The first-order chi connectivity index (χ1) is 11.6. The molecule has 0 atom stereocenters. The van der Waals surface area contributed by atoms with Crippen LogP contribution in [0.2, 0.25) is 5.02 Å². The zero-order valence-electron chi connectivity index (χ0n) is 12.5. The van der Waals surface area contributed by atoms with Crippen molar-refractivity contribution in [1.82, 2.24) is 9.99 Å². The van der Waals surface area contributed by atoms with Crippen LogP contribution in [-0.2, 0) is 0 Å². The molecule has 1 amide bonds. The predicted octanol–water partition coefficient (Wildman–Crippen LogP) is 4.03. The van der Waals surface area contributed by atoms with E-state index in [1.165, 1.54) is 24.4 Å². The third-order valence-electron chi connectivity index (χ3n) is 3.36. The zero-order valence-corrected chi connectivity index (χ0v) is 13.2. The smallest absolute Gasteiger partial charge is 0.273 e. The Morgan fingerprint density at radius 3 is 2.62 bits per heavy atom. The summed E-state index contributed by atoms with van der Waals surface area (Å²) in [7, 11) is 0. The molecule has 4 nitrogen and oxygen atoms in total. The second-order valence-corrected chi connectivity index (χ2v) is 5.38. The summed E-state index contributed by atoms with van der Waals surface area (Å²) in [4.78, 5) is 12.4. The lowest BCUT2D eigenvalue weighted by Crippen LogP contribution is -2.19. The largest absolute Gasteiger partial charge is 0.323 e. The van der Waals surface area contributed by atoms with Gasteiger partial charge >= 0.3 is 0 Å². The Kier molecular flexibility index (Phi) is 4.72. The number of rotatable bonds is 4. The van der Waals surface area contributed by atoms with Crippen LogP contribution in [0, 0.1) is 5.82 Å². The number of benzene rings is 2. The maximum absolute atomic E-state index is 13.0. The van der Waals surface area contributed by atoms with Crippen molar-refractivity contribution in [3.8, 4) is 5.69 Å². The first kappa shape index (κ1) is 16.0. The monoisotopic (exact) mass is 341 g/mol. The normalized spacial score (nSPS) is 10.9. The first-order valence-electron chi connectivity index (χ1n) is 7.16. The quantitative estimate of drug-likeness (QED) is 0.565. The van der Waals surface area contributed by atoms with Crippen LogP contribution in [0.4, 0.5) is 4.39 Å². The summed E-state index contributed by atoms with van der Waals surface area (Å²) >= 11 is 5.91. The summed E-state index contributed by atoms with van der Waals surface area (Å²) in [5, 5.41) is 4.11. The molecule has 1 N–H and O–H groups in total. The molecule has 6 heteroatoms. The second-order valence-electron chi connectivity index (χ2n) is 4.97. The molecule has 120 valence electrons. The lowest BCUT2D eigenvalue weighted by Gasteiger charge is -2.09. The zero-order chi connectivity index (χ0) is 16.9. The summed E-state index contributed by atoms with van der Waals surface area (Å²) in [6, 6.07) is 14.9. The Hall–Kier alpha value is -2.92. The number of amides is 1. The predicted molar refractivity (Wildman–Crippen MR) is 92.2 cm³/mol. The second kappa shape index (κ2) is 7.10. The summed E-state index contributed by atoms with van der Waals surface area (Å²) in [6.45, 7) is 0. The lowest BCUT2D eigenvalue weighted by molar-refractivity contribution is 0.0955. The van der Waals surface area contributed by atoms with Gasteiger partial charge in [-0.3, -0.25) is 4.79 Å². The van der Waals surface area contributed by atoms with Gasteiger partial charge in [-0.2, -0.15) is 5.10 Å². The van der Waals surface area contributed by atoms with Gasteiger partial charge < -0.3 is 4.57 Å². The Labute approximate surface area is 143 Å². The molecular formula is C18H13ClFN3O. The van der Waals surface area contributed by atoms with E-state index in [2.05, 4.69) is 10.5 Å². The average molecular weight is 342 g/mol. The van der Waals surface area contributed by atoms with E-state index in [9.17, 15) is 9.18 Å². The molecule has 0 radical (unpaired) electrons. The molecule has 0 saturated heterocycles. The van der Waals surface area contributed by atoms with Crippen molar-refractivity contribution in [3.63, 3.8) is 0 Å². The summed E-state index contributed by atoms with van der Waals surface area (Å²) < 4.78 is 14.8. The van der Waals surface area contributed by atoms with Gasteiger partial charge in [-0.1, -0.05) is 23.7 Å². The van der Waals surface area contributed by atoms with Gasteiger partial charge in [0.1, 0.15) is 5.82 Å². The Morgan fingerprint density at radius 1 is 1.12 bits per heavy atom. The van der Waals surface area contributed by atoms with E-state index in [1.807, 2.05) is 41.2 Å². The molecule has 0 aliphatic heterocycles. The minimum atomic E-state index is -0.429. The molecule has 3 rings (SSSR count). The third-order valence-corrected chi connectivity index (χ3v) is 3.69. The van der Waals surface area contributed by atoms with Crippen LogP contribution >= 0.6 is 11.6 Å². The molecule has 0 fully saturated rings. The molecule has 24 heavy (non-hydrogen) atoms. The van der Waals surface area contributed by atoms with Crippen molar-refractivity contribution in [2.75, 3.05) is 0 Å². The van der Waals surface area contributed by atoms with E-state index < -0.39 is 5.82 Å². The molecule has 0 bridgehead atoms.